The molecule has 18 heavy (non-hydrogen) atoms. The Morgan fingerprint density at radius 3 is 2.56 bits per heavy atom. The van der Waals surface area contributed by atoms with E-state index in [2.05, 4.69) is 5.32 Å². The quantitative estimate of drug-likeness (QED) is 0.627. The Kier molecular flexibility index (Phi) is 5.55. The molecule has 0 aromatic rings. The summed E-state index contributed by atoms with van der Waals surface area (Å²) in [6.07, 6.45) is 1.83. The number of ether oxygens (including phenoxy) is 1. The number of hydrogen-bond donors (Lipinski definition) is 3. The van der Waals surface area contributed by atoms with Crippen LogP contribution in [0.4, 0.5) is 0 Å². The molecular formula is C12H22N2O4. The Morgan fingerprint density at radius 2 is 2.06 bits per heavy atom. The van der Waals surface area contributed by atoms with Crippen LogP contribution in [-0.4, -0.2) is 42.8 Å². The second-order valence-electron chi connectivity index (χ2n) is 4.85. The first-order valence-electron chi connectivity index (χ1n) is 6.33. The van der Waals surface area contributed by atoms with Crippen molar-refractivity contribution in [3.05, 3.63) is 0 Å². The Balaban J connectivity index is 2.47. The lowest BCUT2D eigenvalue weighted by Crippen LogP contribution is -2.47. The Bertz CT molecular complexity index is 300. The molecule has 1 aliphatic heterocycles. The molecule has 1 unspecified atom stereocenters. The minimum atomic E-state index is -0.885. The minimum absolute atomic E-state index is 0.154. The van der Waals surface area contributed by atoms with E-state index >= 15 is 0 Å². The van der Waals surface area contributed by atoms with Gasteiger partial charge in [-0.3, -0.25) is 9.59 Å². The molecule has 0 aromatic carbocycles. The monoisotopic (exact) mass is 258 g/mol. The summed E-state index contributed by atoms with van der Waals surface area (Å²) in [4.78, 5) is 22.9. The molecule has 0 radical (unpaired) electrons. The van der Waals surface area contributed by atoms with E-state index in [0.29, 0.717) is 26.1 Å². The minimum Gasteiger partial charge on any atom is -0.481 e. The van der Waals surface area contributed by atoms with Crippen molar-refractivity contribution in [2.75, 3.05) is 19.8 Å². The average Bonchev–Trinajstić information content (AvgIpc) is 2.37. The van der Waals surface area contributed by atoms with Crippen molar-refractivity contribution in [1.29, 1.82) is 0 Å². The summed E-state index contributed by atoms with van der Waals surface area (Å²) in [7, 11) is 0. The molecule has 0 bridgehead atoms. The SMILES string of the molecule is CCC(N)CC(=O)NCC1(C(=O)O)CCOCC1. The van der Waals surface area contributed by atoms with Crippen LogP contribution in [0.1, 0.15) is 32.6 Å². The first-order valence-corrected chi connectivity index (χ1v) is 6.33. The summed E-state index contributed by atoms with van der Waals surface area (Å²) < 4.78 is 5.17. The van der Waals surface area contributed by atoms with E-state index in [1.165, 1.54) is 0 Å². The van der Waals surface area contributed by atoms with Gasteiger partial charge in [-0.25, -0.2) is 0 Å². The lowest BCUT2D eigenvalue weighted by molar-refractivity contribution is -0.154. The van der Waals surface area contributed by atoms with Gasteiger partial charge in [-0.2, -0.15) is 0 Å². The molecule has 1 amide bonds. The van der Waals surface area contributed by atoms with Crippen LogP contribution < -0.4 is 11.1 Å². The zero-order valence-corrected chi connectivity index (χ0v) is 10.8. The lowest BCUT2D eigenvalue weighted by Gasteiger charge is -2.33. The largest absolute Gasteiger partial charge is 0.481 e. The number of carbonyl (C=O) groups is 2. The number of aliphatic carboxylic acids is 1. The van der Waals surface area contributed by atoms with Crippen molar-refractivity contribution < 1.29 is 19.4 Å². The van der Waals surface area contributed by atoms with Gasteiger partial charge in [0.05, 0.1) is 5.41 Å². The lowest BCUT2D eigenvalue weighted by atomic mass is 9.80. The topological polar surface area (TPSA) is 102 Å². The van der Waals surface area contributed by atoms with Gasteiger partial charge in [-0.05, 0) is 19.3 Å². The highest BCUT2D eigenvalue weighted by Crippen LogP contribution is 2.30. The van der Waals surface area contributed by atoms with Crippen LogP contribution in [0.3, 0.4) is 0 Å². The summed E-state index contributed by atoms with van der Waals surface area (Å²) in [6, 6.07) is -0.166. The third kappa shape index (κ3) is 3.96. The molecule has 0 saturated carbocycles. The molecule has 6 heteroatoms. The molecule has 6 nitrogen and oxygen atoms in total. The third-order valence-corrected chi connectivity index (χ3v) is 3.50. The van der Waals surface area contributed by atoms with Gasteiger partial charge in [-0.1, -0.05) is 6.92 Å². The van der Waals surface area contributed by atoms with Crippen LogP contribution in [0.2, 0.25) is 0 Å². The highest BCUT2D eigenvalue weighted by molar-refractivity contribution is 5.79. The van der Waals surface area contributed by atoms with Crippen LogP contribution in [0.25, 0.3) is 0 Å². The Labute approximate surface area is 107 Å². The van der Waals surface area contributed by atoms with E-state index in [0.717, 1.165) is 6.42 Å². The van der Waals surface area contributed by atoms with Gasteiger partial charge < -0.3 is 20.9 Å². The Hall–Kier alpha value is -1.14. The first kappa shape index (κ1) is 14.9. The van der Waals surface area contributed by atoms with Crippen LogP contribution in [0.5, 0.6) is 0 Å². The van der Waals surface area contributed by atoms with Crippen molar-refractivity contribution >= 4 is 11.9 Å². The van der Waals surface area contributed by atoms with Crippen LogP contribution >= 0.6 is 0 Å². The second kappa shape index (κ2) is 6.70. The van der Waals surface area contributed by atoms with E-state index in [1.807, 2.05) is 6.92 Å². The predicted molar refractivity (Wildman–Crippen MR) is 66.0 cm³/mol. The fourth-order valence-electron chi connectivity index (χ4n) is 1.95. The molecule has 1 saturated heterocycles. The molecule has 104 valence electrons. The maximum Gasteiger partial charge on any atom is 0.311 e. The van der Waals surface area contributed by atoms with Crippen molar-refractivity contribution in [1.82, 2.24) is 5.32 Å². The van der Waals surface area contributed by atoms with Gasteiger partial charge >= 0.3 is 5.97 Å². The number of rotatable bonds is 6. The number of nitrogens with one attached hydrogen (secondary N) is 1. The third-order valence-electron chi connectivity index (χ3n) is 3.50. The van der Waals surface area contributed by atoms with Crippen molar-refractivity contribution in [2.45, 2.75) is 38.6 Å². The molecule has 4 N–H and O–H groups in total. The summed E-state index contributed by atoms with van der Waals surface area (Å²) in [5, 5.41) is 12.0. The molecule has 1 fully saturated rings. The van der Waals surface area contributed by atoms with Gasteiger partial charge in [0.1, 0.15) is 0 Å². The predicted octanol–water partition coefficient (Wildman–Crippen LogP) is 0.111. The molecule has 1 heterocycles. The highest BCUT2D eigenvalue weighted by Gasteiger charge is 2.40. The molecular weight excluding hydrogens is 236 g/mol. The molecule has 1 rings (SSSR count). The van der Waals surface area contributed by atoms with Crippen molar-refractivity contribution in [2.24, 2.45) is 11.1 Å². The van der Waals surface area contributed by atoms with Gasteiger partial charge in [0.25, 0.3) is 0 Å². The fourth-order valence-corrected chi connectivity index (χ4v) is 1.95. The summed E-state index contributed by atoms with van der Waals surface area (Å²) in [6.45, 7) is 2.92. The zero-order chi connectivity index (χ0) is 13.6. The van der Waals surface area contributed by atoms with E-state index in [-0.39, 0.29) is 24.9 Å². The molecule has 0 spiro atoms. The molecule has 0 aromatic heterocycles. The first-order chi connectivity index (χ1) is 8.50. The van der Waals surface area contributed by atoms with Crippen molar-refractivity contribution in [3.8, 4) is 0 Å². The van der Waals surface area contributed by atoms with E-state index < -0.39 is 11.4 Å². The number of amides is 1. The maximum atomic E-state index is 11.6. The number of carboxylic acid groups (broad SMARTS) is 1. The standard InChI is InChI=1S/C12H22N2O4/c1-2-9(13)7-10(15)14-8-12(11(16)17)3-5-18-6-4-12/h9H,2-8,13H2,1H3,(H,14,15)(H,16,17). The molecule has 1 atom stereocenters. The van der Waals surface area contributed by atoms with E-state index in [1.54, 1.807) is 0 Å². The van der Waals surface area contributed by atoms with Crippen LogP contribution in [0.15, 0.2) is 0 Å². The number of nitrogens with two attached hydrogens (primary N) is 1. The van der Waals surface area contributed by atoms with Gasteiger partial charge in [-0.15, -0.1) is 0 Å². The normalized spacial score (nSPS) is 20.1. The van der Waals surface area contributed by atoms with Crippen LogP contribution in [0, 0.1) is 5.41 Å². The van der Waals surface area contributed by atoms with Gasteiger partial charge in [0.2, 0.25) is 5.91 Å². The van der Waals surface area contributed by atoms with E-state index in [4.69, 9.17) is 10.5 Å². The summed E-state index contributed by atoms with van der Waals surface area (Å²) in [5.41, 5.74) is 4.79. The van der Waals surface area contributed by atoms with Crippen LogP contribution in [-0.2, 0) is 14.3 Å². The smallest absolute Gasteiger partial charge is 0.311 e. The fraction of sp³-hybridized carbons (Fsp3) is 0.833. The molecule has 0 aliphatic carbocycles. The van der Waals surface area contributed by atoms with Gasteiger partial charge in [0, 0.05) is 32.2 Å². The maximum absolute atomic E-state index is 11.6. The van der Waals surface area contributed by atoms with E-state index in [9.17, 15) is 14.7 Å². The zero-order valence-electron chi connectivity index (χ0n) is 10.8. The highest BCUT2D eigenvalue weighted by atomic mass is 16.5. The number of hydrogen-bond acceptors (Lipinski definition) is 4. The van der Waals surface area contributed by atoms with Crippen molar-refractivity contribution in [3.63, 3.8) is 0 Å². The summed E-state index contributed by atoms with van der Waals surface area (Å²) in [5.74, 6) is -1.05. The van der Waals surface area contributed by atoms with Gasteiger partial charge in [0.15, 0.2) is 0 Å². The molecule has 1 aliphatic rings. The number of carbonyl (C=O) groups excluding carboxylic acids is 1. The second-order valence-corrected chi connectivity index (χ2v) is 4.85. The number of carboxylic acids is 1. The average molecular weight is 258 g/mol. The summed E-state index contributed by atoms with van der Waals surface area (Å²) >= 11 is 0. The Morgan fingerprint density at radius 1 is 1.44 bits per heavy atom.